The number of nitrogens with zero attached hydrogens (tertiary/aromatic N) is 7. The number of phosphoric ester groups is 1. The molecule has 0 aromatic carbocycles. The van der Waals surface area contributed by atoms with Crippen LogP contribution in [0.1, 0.15) is 12.5 Å². The standard InChI is InChI=1S/C22H32N10O19P4/c1-45-15-14(50-55(43,44)47-2-8-12(33)13(34)20(48-8)32-6-28-11-18(32)29-22(24)30-19(11)35)9(3-46-52(36,37)7-53(38,39)51-54(40,41)42)49-21(15)31-5-27-10-16(23)25-4-26-17(10)31/h4-6,8-9,12-15,20-21,33-34H,2-3,7H2,1H3,(H,36,37)(H,38,39)(H,43,44)(H2,23,25,26)(H2,40,41,42)(H3,24,29,30,35)/t8-,9-,12-,13-,14-,15-,20-,21-/m1/s1. The van der Waals surface area contributed by atoms with Crippen LogP contribution in [0.4, 0.5) is 11.8 Å². The zero-order valence-corrected chi connectivity index (χ0v) is 31.2. The normalized spacial score (nSPS) is 29.4. The van der Waals surface area contributed by atoms with Crippen molar-refractivity contribution in [3.05, 3.63) is 29.3 Å². The number of rotatable bonds is 15. The predicted octanol–water partition coefficient (Wildman–Crippen LogP) is -2.39. The number of imidazole rings is 2. The number of methoxy groups -OCH3 is 1. The lowest BCUT2D eigenvalue weighted by molar-refractivity contribution is -0.0580. The SMILES string of the molecule is CO[C@@H]1[C@H](OP(=O)(O)OC[C@H]2O[C@@H](n3cnc4c(=O)[nH]c(N)nc43)[C@H](O)[C@@H]2O)[C@@H](COP(=O)(O)CP(=O)(O)OP(=O)(O)O)O[C@H]1n1cnc2c(N)ncnc21. The highest BCUT2D eigenvalue weighted by Gasteiger charge is 2.52. The molecule has 0 amide bonds. The Hall–Kier alpha value is -3.14. The van der Waals surface area contributed by atoms with Gasteiger partial charge in [0, 0.05) is 7.11 Å². The number of aromatic nitrogens is 8. The highest BCUT2D eigenvalue weighted by Crippen LogP contribution is 2.65. The number of aliphatic hydroxyl groups is 2. The molecule has 0 radical (unpaired) electrons. The molecule has 12 N–H and O–H groups in total. The third-order valence-corrected chi connectivity index (χ3v) is 14.2. The third-order valence-electron chi connectivity index (χ3n) is 7.97. The van der Waals surface area contributed by atoms with Gasteiger partial charge in [0.05, 0.1) is 25.9 Å². The molecule has 6 heterocycles. The number of aromatic amines is 1. The van der Waals surface area contributed by atoms with Crippen LogP contribution in [0, 0.1) is 0 Å². The van der Waals surface area contributed by atoms with Crippen molar-refractivity contribution in [2.75, 3.05) is 37.7 Å². The number of H-pyrrole nitrogens is 1. The van der Waals surface area contributed by atoms with Crippen molar-refractivity contribution < 1.29 is 85.0 Å². The fourth-order valence-corrected chi connectivity index (χ4v) is 11.2. The number of nitrogens with two attached hydrogens (primary N) is 2. The van der Waals surface area contributed by atoms with Crippen LogP contribution in [0.25, 0.3) is 22.3 Å². The van der Waals surface area contributed by atoms with Crippen molar-refractivity contribution >= 4 is 64.9 Å². The van der Waals surface area contributed by atoms with Crippen molar-refractivity contribution in [1.82, 2.24) is 39.0 Å². The number of hydrogen-bond donors (Lipinski definition) is 10. The molecule has 2 saturated heterocycles. The van der Waals surface area contributed by atoms with Gasteiger partial charge in [0.25, 0.3) is 5.56 Å². The molecule has 0 saturated carbocycles. The number of anilines is 2. The maximum Gasteiger partial charge on any atom is 0.476 e. The van der Waals surface area contributed by atoms with Gasteiger partial charge in [0.1, 0.15) is 48.5 Å². The van der Waals surface area contributed by atoms with Gasteiger partial charge in [0.2, 0.25) is 5.95 Å². The van der Waals surface area contributed by atoms with E-state index >= 15 is 0 Å². The number of aliphatic hydroxyl groups excluding tert-OH is 2. The van der Waals surface area contributed by atoms with Crippen molar-refractivity contribution in [3.8, 4) is 0 Å². The Labute approximate surface area is 305 Å². The Morgan fingerprint density at radius 1 is 0.818 bits per heavy atom. The number of phosphoric acid groups is 2. The number of nitrogen functional groups attached to an aromatic ring is 2. The Bertz CT molecular complexity index is 2320. The Balaban J connectivity index is 1.21. The van der Waals surface area contributed by atoms with Gasteiger partial charge in [-0.1, -0.05) is 0 Å². The van der Waals surface area contributed by atoms with E-state index in [2.05, 4.69) is 34.2 Å². The van der Waals surface area contributed by atoms with E-state index in [1.807, 2.05) is 0 Å². The summed E-state index contributed by atoms with van der Waals surface area (Å²) in [6, 6.07) is 0. The number of nitrogens with one attached hydrogen (secondary N) is 1. The van der Waals surface area contributed by atoms with E-state index in [-0.39, 0.29) is 34.1 Å². The molecule has 6 rings (SSSR count). The first-order valence-electron chi connectivity index (χ1n) is 15.1. The van der Waals surface area contributed by atoms with Gasteiger partial charge in [-0.25, -0.2) is 33.4 Å². The topological polar surface area (TPSA) is 434 Å². The minimum Gasteiger partial charge on any atom is -0.387 e. The van der Waals surface area contributed by atoms with Gasteiger partial charge in [-0.2, -0.15) is 4.98 Å². The summed E-state index contributed by atoms with van der Waals surface area (Å²) in [6.45, 7) is -1.98. The fourth-order valence-electron chi connectivity index (χ4n) is 5.73. The largest absolute Gasteiger partial charge is 0.476 e. The molecule has 2 aliphatic heterocycles. The first kappa shape index (κ1) is 41.5. The predicted molar refractivity (Wildman–Crippen MR) is 177 cm³/mol. The molecule has 0 aliphatic carbocycles. The summed E-state index contributed by atoms with van der Waals surface area (Å²) in [5.41, 5.74) is 10.7. The lowest BCUT2D eigenvalue weighted by Crippen LogP contribution is -2.38. The second-order valence-corrected chi connectivity index (χ2v) is 18.8. The molecular weight excluding hydrogens is 832 g/mol. The summed E-state index contributed by atoms with van der Waals surface area (Å²) in [4.78, 5) is 82.9. The van der Waals surface area contributed by atoms with Gasteiger partial charge >= 0.3 is 30.8 Å². The summed E-state index contributed by atoms with van der Waals surface area (Å²) >= 11 is 0. The molecule has 4 aromatic heterocycles. The van der Waals surface area contributed by atoms with E-state index in [9.17, 15) is 47.9 Å². The van der Waals surface area contributed by atoms with Crippen LogP contribution in [-0.4, -0.2) is 137 Å². The van der Waals surface area contributed by atoms with Crippen molar-refractivity contribution in [2.45, 2.75) is 49.1 Å². The van der Waals surface area contributed by atoms with Crippen LogP contribution in [0.2, 0.25) is 0 Å². The van der Waals surface area contributed by atoms with Crippen LogP contribution in [0.15, 0.2) is 23.8 Å². The highest BCUT2D eigenvalue weighted by molar-refractivity contribution is 7.74. The van der Waals surface area contributed by atoms with E-state index in [4.69, 9.17) is 49.0 Å². The highest BCUT2D eigenvalue weighted by atomic mass is 31.3. The van der Waals surface area contributed by atoms with Gasteiger partial charge < -0.3 is 64.9 Å². The van der Waals surface area contributed by atoms with Crippen molar-refractivity contribution in [1.29, 1.82) is 0 Å². The number of hydrogen-bond acceptors (Lipinski definition) is 21. The molecule has 33 heteroatoms. The maximum atomic E-state index is 13.4. The summed E-state index contributed by atoms with van der Waals surface area (Å²) in [6.07, 6.45) is -9.31. The quantitative estimate of drug-likeness (QED) is 0.0557. The Morgan fingerprint density at radius 2 is 1.45 bits per heavy atom. The molecule has 2 fully saturated rings. The molecule has 4 aromatic rings. The van der Waals surface area contributed by atoms with E-state index in [0.717, 1.165) is 24.3 Å². The minimum absolute atomic E-state index is 0.0391. The molecule has 0 bridgehead atoms. The van der Waals surface area contributed by atoms with Crippen LogP contribution < -0.4 is 17.0 Å². The molecule has 11 atom stereocenters. The van der Waals surface area contributed by atoms with Crippen molar-refractivity contribution in [3.63, 3.8) is 0 Å². The first-order chi connectivity index (χ1) is 25.6. The molecule has 29 nitrogen and oxygen atoms in total. The summed E-state index contributed by atoms with van der Waals surface area (Å²) in [5, 5.41) is 21.4. The minimum atomic E-state index is -5.60. The van der Waals surface area contributed by atoms with Crippen LogP contribution in [0.3, 0.4) is 0 Å². The molecule has 55 heavy (non-hydrogen) atoms. The third kappa shape index (κ3) is 9.05. The van der Waals surface area contributed by atoms with E-state index in [1.165, 1.54) is 10.9 Å². The van der Waals surface area contributed by atoms with Gasteiger partial charge in [0.15, 0.2) is 41.0 Å². The smallest absolute Gasteiger partial charge is 0.387 e. The summed E-state index contributed by atoms with van der Waals surface area (Å²) in [7, 11) is -20.5. The fraction of sp³-hybridized carbons (Fsp3) is 0.545. The summed E-state index contributed by atoms with van der Waals surface area (Å²) in [5.74, 6) is -2.12. The van der Waals surface area contributed by atoms with Crippen LogP contribution in [-0.2, 0) is 50.4 Å². The number of fused-ring (bicyclic) bond motifs is 2. The van der Waals surface area contributed by atoms with Crippen molar-refractivity contribution in [2.24, 2.45) is 0 Å². The molecule has 3 unspecified atom stereocenters. The van der Waals surface area contributed by atoms with E-state index in [0.29, 0.717) is 0 Å². The number of ether oxygens (including phenoxy) is 3. The lowest BCUT2D eigenvalue weighted by atomic mass is 10.1. The maximum absolute atomic E-state index is 13.4. The average Bonchev–Trinajstić information content (AvgIpc) is 3.82. The van der Waals surface area contributed by atoms with Gasteiger partial charge in [-0.05, 0) is 0 Å². The average molecular weight is 864 g/mol. The molecule has 304 valence electrons. The van der Waals surface area contributed by atoms with Gasteiger partial charge in [-0.3, -0.25) is 37.1 Å². The van der Waals surface area contributed by atoms with E-state index < -0.39 is 105 Å². The monoisotopic (exact) mass is 864 g/mol. The lowest BCUT2D eigenvalue weighted by Gasteiger charge is -2.26. The molecular formula is C22H32N10O19P4. The molecule has 2 aliphatic rings. The summed E-state index contributed by atoms with van der Waals surface area (Å²) < 4.78 is 87.9. The zero-order chi connectivity index (χ0) is 40.2. The Kier molecular flexibility index (Phi) is 11.6. The Morgan fingerprint density at radius 3 is 2.13 bits per heavy atom. The first-order valence-corrected chi connectivity index (χ1v) is 21.7. The van der Waals surface area contributed by atoms with Crippen LogP contribution >= 0.6 is 30.8 Å². The molecule has 0 spiro atoms. The van der Waals surface area contributed by atoms with Gasteiger partial charge in [-0.15, -0.1) is 0 Å². The second-order valence-electron chi connectivity index (χ2n) is 11.8. The zero-order valence-electron chi connectivity index (χ0n) is 27.6. The van der Waals surface area contributed by atoms with E-state index in [1.54, 1.807) is 0 Å². The second kappa shape index (κ2) is 15.3. The van der Waals surface area contributed by atoms with Crippen LogP contribution in [0.5, 0.6) is 0 Å².